The molecule has 2 bridgehead atoms. The molecule has 0 radical (unpaired) electrons. The van der Waals surface area contributed by atoms with Crippen molar-refractivity contribution in [2.24, 2.45) is 5.92 Å². The molecule has 0 spiro atoms. The molecule has 3 atom stereocenters. The quantitative estimate of drug-likeness (QED) is 0.794. The first-order valence-electron chi connectivity index (χ1n) is 7.37. The van der Waals surface area contributed by atoms with Gasteiger partial charge < -0.3 is 15.1 Å². The molecule has 0 amide bonds. The summed E-state index contributed by atoms with van der Waals surface area (Å²) in [6, 6.07) is 2.54. The van der Waals surface area contributed by atoms with Gasteiger partial charge in [-0.15, -0.1) is 0 Å². The number of nitrogens with zero attached hydrogens (tertiary/aromatic N) is 2. The largest absolute Gasteiger partial charge is 0.311 e. The molecule has 1 N–H and O–H groups in total. The maximum Gasteiger partial charge on any atom is 0.0113 e. The van der Waals surface area contributed by atoms with E-state index in [1.165, 1.54) is 51.7 Å². The highest BCUT2D eigenvalue weighted by molar-refractivity contribution is 4.98. The maximum absolute atomic E-state index is 3.76. The summed E-state index contributed by atoms with van der Waals surface area (Å²) in [5.74, 6) is 0.949. The number of piperidine rings is 1. The highest BCUT2D eigenvalue weighted by atomic mass is 15.2. The van der Waals surface area contributed by atoms with Gasteiger partial charge in [0.1, 0.15) is 0 Å². The summed E-state index contributed by atoms with van der Waals surface area (Å²) in [5.41, 5.74) is 0. The van der Waals surface area contributed by atoms with Gasteiger partial charge in [0, 0.05) is 24.7 Å². The standard InChI is InChI=1S/C14H27N3/c1-16(2)13-5-7-17(8-6-13)10-11-9-12-3-4-14(11)15-12/h11-15H,3-10H2,1-2H3. The molecular formula is C14H27N3. The van der Waals surface area contributed by atoms with Gasteiger partial charge in [0.25, 0.3) is 0 Å². The Kier molecular flexibility index (Phi) is 3.42. The first-order chi connectivity index (χ1) is 8.22. The SMILES string of the molecule is CN(C)C1CCN(CC2CC3CCC2N3)CC1. The number of likely N-dealkylation sites (tertiary alicyclic amines) is 1. The zero-order chi connectivity index (χ0) is 11.8. The third kappa shape index (κ3) is 2.51. The molecule has 3 nitrogen and oxygen atoms in total. The Bertz CT molecular complexity index is 258. The number of hydrogen-bond donors (Lipinski definition) is 1. The lowest BCUT2D eigenvalue weighted by atomic mass is 9.88. The lowest BCUT2D eigenvalue weighted by Crippen LogP contribution is -2.44. The molecule has 3 rings (SSSR count). The van der Waals surface area contributed by atoms with Crippen LogP contribution in [-0.4, -0.2) is 61.7 Å². The third-order valence-electron chi connectivity index (χ3n) is 5.21. The summed E-state index contributed by atoms with van der Waals surface area (Å²) in [6.45, 7) is 3.99. The Morgan fingerprint density at radius 1 is 1.12 bits per heavy atom. The van der Waals surface area contributed by atoms with Gasteiger partial charge in [-0.25, -0.2) is 0 Å². The van der Waals surface area contributed by atoms with Gasteiger partial charge in [-0.1, -0.05) is 0 Å². The highest BCUT2D eigenvalue weighted by Crippen LogP contribution is 2.34. The second kappa shape index (κ2) is 4.87. The van der Waals surface area contributed by atoms with Crippen molar-refractivity contribution in [3.63, 3.8) is 0 Å². The van der Waals surface area contributed by atoms with Gasteiger partial charge in [-0.3, -0.25) is 0 Å². The Hall–Kier alpha value is -0.120. The predicted molar refractivity (Wildman–Crippen MR) is 71.2 cm³/mol. The minimum atomic E-state index is 0.824. The Morgan fingerprint density at radius 2 is 1.88 bits per heavy atom. The lowest BCUT2D eigenvalue weighted by Gasteiger charge is -2.37. The molecule has 3 heterocycles. The van der Waals surface area contributed by atoms with Gasteiger partial charge in [-0.05, 0) is 65.2 Å². The minimum Gasteiger partial charge on any atom is -0.311 e. The molecule has 17 heavy (non-hydrogen) atoms. The van der Waals surface area contributed by atoms with Gasteiger partial charge in [0.05, 0.1) is 0 Å². The predicted octanol–water partition coefficient (Wildman–Crippen LogP) is 1.15. The van der Waals surface area contributed by atoms with Crippen LogP contribution in [0.5, 0.6) is 0 Å². The molecule has 3 heteroatoms. The number of hydrogen-bond acceptors (Lipinski definition) is 3. The smallest absolute Gasteiger partial charge is 0.0113 e. The van der Waals surface area contributed by atoms with Crippen molar-refractivity contribution in [3.8, 4) is 0 Å². The zero-order valence-corrected chi connectivity index (χ0v) is 11.4. The molecule has 0 aromatic heterocycles. The van der Waals surface area contributed by atoms with Crippen LogP contribution < -0.4 is 5.32 Å². The summed E-state index contributed by atoms with van der Waals surface area (Å²) in [4.78, 5) is 5.11. The maximum atomic E-state index is 3.76. The van der Waals surface area contributed by atoms with E-state index >= 15 is 0 Å². The van der Waals surface area contributed by atoms with Crippen LogP contribution in [-0.2, 0) is 0 Å². The molecule has 98 valence electrons. The third-order valence-corrected chi connectivity index (χ3v) is 5.21. The van der Waals surface area contributed by atoms with Crippen molar-refractivity contribution in [3.05, 3.63) is 0 Å². The van der Waals surface area contributed by atoms with Gasteiger partial charge in [0.2, 0.25) is 0 Å². The van der Waals surface area contributed by atoms with E-state index < -0.39 is 0 Å². The van der Waals surface area contributed by atoms with Crippen molar-refractivity contribution < 1.29 is 0 Å². The number of nitrogens with one attached hydrogen (secondary N) is 1. The van der Waals surface area contributed by atoms with Crippen molar-refractivity contribution in [1.82, 2.24) is 15.1 Å². The number of rotatable bonds is 3. The summed E-state index contributed by atoms with van der Waals surface area (Å²) >= 11 is 0. The first-order valence-corrected chi connectivity index (χ1v) is 7.37. The number of fused-ring (bicyclic) bond motifs is 2. The zero-order valence-electron chi connectivity index (χ0n) is 11.4. The second-order valence-electron chi connectivity index (χ2n) is 6.54. The van der Waals surface area contributed by atoms with E-state index in [0.717, 1.165) is 24.0 Å². The second-order valence-corrected chi connectivity index (χ2v) is 6.54. The van der Waals surface area contributed by atoms with E-state index in [1.807, 2.05) is 0 Å². The van der Waals surface area contributed by atoms with Crippen LogP contribution in [0.15, 0.2) is 0 Å². The molecular weight excluding hydrogens is 210 g/mol. The van der Waals surface area contributed by atoms with E-state index in [4.69, 9.17) is 0 Å². The monoisotopic (exact) mass is 237 g/mol. The Labute approximate surface area is 106 Å². The van der Waals surface area contributed by atoms with Gasteiger partial charge in [-0.2, -0.15) is 0 Å². The van der Waals surface area contributed by atoms with Gasteiger partial charge >= 0.3 is 0 Å². The molecule has 0 aliphatic carbocycles. The van der Waals surface area contributed by atoms with E-state index in [2.05, 4.69) is 29.2 Å². The van der Waals surface area contributed by atoms with Crippen molar-refractivity contribution in [2.45, 2.75) is 50.2 Å². The van der Waals surface area contributed by atoms with E-state index in [-0.39, 0.29) is 0 Å². The Balaban J connectivity index is 1.45. The average molecular weight is 237 g/mol. The fourth-order valence-electron chi connectivity index (χ4n) is 4.09. The van der Waals surface area contributed by atoms with Crippen LogP contribution in [0.3, 0.4) is 0 Å². The Morgan fingerprint density at radius 3 is 2.41 bits per heavy atom. The summed E-state index contributed by atoms with van der Waals surface area (Å²) in [5, 5.41) is 3.76. The van der Waals surface area contributed by atoms with Crippen molar-refractivity contribution in [1.29, 1.82) is 0 Å². The molecule has 3 aliphatic rings. The minimum absolute atomic E-state index is 0.824. The summed E-state index contributed by atoms with van der Waals surface area (Å²) in [7, 11) is 4.44. The van der Waals surface area contributed by atoms with Crippen LogP contribution >= 0.6 is 0 Å². The van der Waals surface area contributed by atoms with Crippen LogP contribution in [0.25, 0.3) is 0 Å². The normalized spacial score (nSPS) is 39.4. The first kappa shape index (κ1) is 11.9. The molecule has 3 fully saturated rings. The average Bonchev–Trinajstić information content (AvgIpc) is 2.91. The van der Waals surface area contributed by atoms with Crippen LogP contribution in [0.1, 0.15) is 32.1 Å². The molecule has 0 aromatic carbocycles. The molecule has 3 unspecified atom stereocenters. The van der Waals surface area contributed by atoms with Crippen LogP contribution in [0.2, 0.25) is 0 Å². The lowest BCUT2D eigenvalue weighted by molar-refractivity contribution is 0.124. The molecule has 3 saturated heterocycles. The summed E-state index contributed by atoms with van der Waals surface area (Å²) in [6.07, 6.45) is 7.04. The van der Waals surface area contributed by atoms with Crippen LogP contribution in [0.4, 0.5) is 0 Å². The molecule has 3 aliphatic heterocycles. The fourth-order valence-corrected chi connectivity index (χ4v) is 4.09. The van der Waals surface area contributed by atoms with Gasteiger partial charge in [0.15, 0.2) is 0 Å². The van der Waals surface area contributed by atoms with Crippen molar-refractivity contribution in [2.75, 3.05) is 33.7 Å². The van der Waals surface area contributed by atoms with E-state index in [9.17, 15) is 0 Å². The molecule has 0 aromatic rings. The molecule has 0 saturated carbocycles. The topological polar surface area (TPSA) is 18.5 Å². The highest BCUT2D eigenvalue weighted by Gasteiger charge is 2.39. The van der Waals surface area contributed by atoms with E-state index in [0.29, 0.717) is 0 Å². The fraction of sp³-hybridized carbons (Fsp3) is 1.00. The van der Waals surface area contributed by atoms with E-state index in [1.54, 1.807) is 0 Å². The summed E-state index contributed by atoms with van der Waals surface area (Å²) < 4.78 is 0. The van der Waals surface area contributed by atoms with Crippen LogP contribution in [0, 0.1) is 5.92 Å². The van der Waals surface area contributed by atoms with Crippen molar-refractivity contribution >= 4 is 0 Å².